The quantitative estimate of drug-likeness (QED) is 0.718. The first-order chi connectivity index (χ1) is 15.6. The van der Waals surface area contributed by atoms with Gasteiger partial charge in [0.05, 0.1) is 12.6 Å². The van der Waals surface area contributed by atoms with Crippen LogP contribution >= 0.6 is 0 Å². The molecule has 2 amide bonds. The molecule has 0 aromatic heterocycles. The molecule has 0 spiro atoms. The van der Waals surface area contributed by atoms with Gasteiger partial charge in [-0.25, -0.2) is 0 Å². The van der Waals surface area contributed by atoms with Crippen molar-refractivity contribution in [1.29, 1.82) is 0 Å². The summed E-state index contributed by atoms with van der Waals surface area (Å²) >= 11 is 0. The summed E-state index contributed by atoms with van der Waals surface area (Å²) in [6.45, 7) is 3.72. The molecule has 1 atom stereocenters. The molecule has 168 valence electrons. The minimum absolute atomic E-state index is 0.0306. The van der Waals surface area contributed by atoms with Gasteiger partial charge in [-0.3, -0.25) is 14.4 Å². The van der Waals surface area contributed by atoms with E-state index in [1.165, 1.54) is 0 Å². The van der Waals surface area contributed by atoms with E-state index in [4.69, 9.17) is 9.47 Å². The van der Waals surface area contributed by atoms with Crippen molar-refractivity contribution in [3.05, 3.63) is 59.2 Å². The number of hydrogen-bond acceptors (Lipinski definition) is 5. The lowest BCUT2D eigenvalue weighted by Crippen LogP contribution is -2.38. The minimum atomic E-state index is -0.347. The van der Waals surface area contributed by atoms with Crippen LogP contribution < -0.4 is 14.8 Å². The summed E-state index contributed by atoms with van der Waals surface area (Å²) in [5.74, 6) is 0.530. The Morgan fingerprint density at radius 2 is 1.81 bits per heavy atom. The highest BCUT2D eigenvalue weighted by molar-refractivity contribution is 6.02. The molecular formula is C25H28N2O5. The monoisotopic (exact) mass is 436 g/mol. The Bertz CT molecular complexity index is 1010. The van der Waals surface area contributed by atoms with Crippen LogP contribution in [0.5, 0.6) is 11.5 Å². The van der Waals surface area contributed by atoms with Crippen molar-refractivity contribution in [2.75, 3.05) is 26.3 Å². The molecule has 1 aliphatic heterocycles. The SMILES string of the molecule is CCOc1cc(C(=O)NC2CC(=O)c3ccccc32)ccc1OCC(=O)N1CCCCC1. The van der Waals surface area contributed by atoms with Crippen LogP contribution in [0.2, 0.25) is 0 Å². The zero-order chi connectivity index (χ0) is 22.5. The highest BCUT2D eigenvalue weighted by Gasteiger charge is 2.30. The van der Waals surface area contributed by atoms with Gasteiger partial charge in [0.1, 0.15) is 0 Å². The Labute approximate surface area is 187 Å². The molecule has 7 heteroatoms. The second-order valence-corrected chi connectivity index (χ2v) is 8.07. The number of nitrogens with one attached hydrogen (secondary N) is 1. The summed E-state index contributed by atoms with van der Waals surface area (Å²) in [6, 6.07) is 11.9. The highest BCUT2D eigenvalue weighted by atomic mass is 16.5. The zero-order valence-corrected chi connectivity index (χ0v) is 18.3. The van der Waals surface area contributed by atoms with Crippen molar-refractivity contribution in [2.24, 2.45) is 0 Å². The van der Waals surface area contributed by atoms with Gasteiger partial charge in [0.25, 0.3) is 11.8 Å². The van der Waals surface area contributed by atoms with E-state index >= 15 is 0 Å². The predicted octanol–water partition coefficient (Wildman–Crippen LogP) is 3.53. The Kier molecular flexibility index (Phi) is 6.73. The molecule has 1 saturated heterocycles. The number of nitrogens with zero attached hydrogens (tertiary/aromatic N) is 1. The van der Waals surface area contributed by atoms with Crippen molar-refractivity contribution in [2.45, 2.75) is 38.6 Å². The van der Waals surface area contributed by atoms with Crippen molar-refractivity contribution in [1.82, 2.24) is 10.2 Å². The van der Waals surface area contributed by atoms with Crippen LogP contribution in [-0.4, -0.2) is 48.8 Å². The predicted molar refractivity (Wildman–Crippen MR) is 119 cm³/mol. The maximum Gasteiger partial charge on any atom is 0.260 e. The van der Waals surface area contributed by atoms with Gasteiger partial charge in [0.2, 0.25) is 0 Å². The lowest BCUT2D eigenvalue weighted by molar-refractivity contribution is -0.134. The van der Waals surface area contributed by atoms with E-state index in [0.29, 0.717) is 29.2 Å². The number of amides is 2. The van der Waals surface area contributed by atoms with Crippen LogP contribution in [0.25, 0.3) is 0 Å². The van der Waals surface area contributed by atoms with Crippen LogP contribution in [0.1, 0.15) is 64.9 Å². The maximum atomic E-state index is 12.9. The molecular weight excluding hydrogens is 408 g/mol. The van der Waals surface area contributed by atoms with Gasteiger partial charge in [-0.2, -0.15) is 0 Å². The number of rotatable bonds is 7. The van der Waals surface area contributed by atoms with Gasteiger partial charge >= 0.3 is 0 Å². The Morgan fingerprint density at radius 1 is 1.03 bits per heavy atom. The summed E-state index contributed by atoms with van der Waals surface area (Å²) in [5, 5.41) is 2.95. The number of ketones is 1. The number of carbonyl (C=O) groups excluding carboxylic acids is 3. The summed E-state index contributed by atoms with van der Waals surface area (Å²) in [5.41, 5.74) is 1.90. The number of benzene rings is 2. The molecule has 2 aromatic rings. The third-order valence-electron chi connectivity index (χ3n) is 5.90. The van der Waals surface area contributed by atoms with Gasteiger partial charge in [-0.1, -0.05) is 24.3 Å². The first-order valence-corrected chi connectivity index (χ1v) is 11.2. The van der Waals surface area contributed by atoms with Gasteiger partial charge in [0, 0.05) is 30.6 Å². The first-order valence-electron chi connectivity index (χ1n) is 11.2. The van der Waals surface area contributed by atoms with Crippen molar-refractivity contribution in [3.63, 3.8) is 0 Å². The molecule has 7 nitrogen and oxygen atoms in total. The Hall–Kier alpha value is -3.35. The molecule has 1 unspecified atom stereocenters. The van der Waals surface area contributed by atoms with Crippen molar-refractivity contribution >= 4 is 17.6 Å². The molecule has 2 aliphatic rings. The van der Waals surface area contributed by atoms with Gasteiger partial charge in [-0.05, 0) is 49.9 Å². The number of likely N-dealkylation sites (tertiary alicyclic amines) is 1. The van der Waals surface area contributed by atoms with E-state index in [-0.39, 0.29) is 36.7 Å². The van der Waals surface area contributed by atoms with Crippen molar-refractivity contribution < 1.29 is 23.9 Å². The topological polar surface area (TPSA) is 84.9 Å². The number of carbonyl (C=O) groups is 3. The van der Waals surface area contributed by atoms with E-state index in [1.54, 1.807) is 24.3 Å². The largest absolute Gasteiger partial charge is 0.490 e. The third-order valence-corrected chi connectivity index (χ3v) is 5.90. The number of piperidine rings is 1. The smallest absolute Gasteiger partial charge is 0.260 e. The first kappa shape index (κ1) is 21.9. The lowest BCUT2D eigenvalue weighted by Gasteiger charge is -2.26. The second-order valence-electron chi connectivity index (χ2n) is 8.07. The summed E-state index contributed by atoms with van der Waals surface area (Å²) in [7, 11) is 0. The summed E-state index contributed by atoms with van der Waals surface area (Å²) in [4.78, 5) is 39.3. The molecule has 1 heterocycles. The number of ether oxygens (including phenoxy) is 2. The third kappa shape index (κ3) is 4.77. The van der Waals surface area contributed by atoms with Crippen LogP contribution in [0.4, 0.5) is 0 Å². The van der Waals surface area contributed by atoms with E-state index in [9.17, 15) is 14.4 Å². The average Bonchev–Trinajstić information content (AvgIpc) is 3.14. The fourth-order valence-corrected chi connectivity index (χ4v) is 4.24. The lowest BCUT2D eigenvalue weighted by atomic mass is 10.1. The van der Waals surface area contributed by atoms with Gasteiger partial charge in [-0.15, -0.1) is 0 Å². The summed E-state index contributed by atoms with van der Waals surface area (Å²) < 4.78 is 11.4. The standard InChI is InChI=1S/C25H28N2O5/c1-2-31-23-14-17(10-11-22(23)32-16-24(29)27-12-6-3-7-13-27)25(30)26-20-15-21(28)19-9-5-4-8-18(19)20/h4-5,8-11,14,20H,2-3,6-7,12-13,15-16H2,1H3,(H,26,30). The van der Waals surface area contributed by atoms with E-state index < -0.39 is 0 Å². The molecule has 1 N–H and O–H groups in total. The van der Waals surface area contributed by atoms with Crippen LogP contribution in [0, 0.1) is 0 Å². The molecule has 1 fully saturated rings. The molecule has 0 radical (unpaired) electrons. The molecule has 0 saturated carbocycles. The highest BCUT2D eigenvalue weighted by Crippen LogP contribution is 2.32. The fourth-order valence-electron chi connectivity index (χ4n) is 4.24. The van der Waals surface area contributed by atoms with Crippen LogP contribution in [0.15, 0.2) is 42.5 Å². The summed E-state index contributed by atoms with van der Waals surface area (Å²) in [6.07, 6.45) is 3.46. The maximum absolute atomic E-state index is 12.9. The normalized spacial score (nSPS) is 17.6. The molecule has 2 aromatic carbocycles. The fraction of sp³-hybridized carbons (Fsp3) is 0.400. The average molecular weight is 437 g/mol. The van der Waals surface area contributed by atoms with E-state index in [1.807, 2.05) is 30.0 Å². The number of hydrogen-bond donors (Lipinski definition) is 1. The van der Waals surface area contributed by atoms with E-state index in [2.05, 4.69) is 5.32 Å². The molecule has 1 aliphatic carbocycles. The van der Waals surface area contributed by atoms with Crippen LogP contribution in [0.3, 0.4) is 0 Å². The zero-order valence-electron chi connectivity index (χ0n) is 18.3. The van der Waals surface area contributed by atoms with Crippen LogP contribution in [-0.2, 0) is 4.79 Å². The van der Waals surface area contributed by atoms with Gasteiger partial charge < -0.3 is 19.7 Å². The number of fused-ring (bicyclic) bond motifs is 1. The number of Topliss-reactive ketones (excluding diaryl/α,β-unsaturated/α-hetero) is 1. The second kappa shape index (κ2) is 9.85. The molecule has 4 rings (SSSR count). The Balaban J connectivity index is 1.43. The molecule has 0 bridgehead atoms. The van der Waals surface area contributed by atoms with Crippen molar-refractivity contribution in [3.8, 4) is 11.5 Å². The van der Waals surface area contributed by atoms with Gasteiger partial charge in [0.15, 0.2) is 23.9 Å². The van der Waals surface area contributed by atoms with E-state index in [0.717, 1.165) is 37.9 Å². The Morgan fingerprint density at radius 3 is 2.59 bits per heavy atom. The molecule has 32 heavy (non-hydrogen) atoms. The minimum Gasteiger partial charge on any atom is -0.490 e.